The number of alkyl halides is 3. The molecule has 0 N–H and O–H groups in total. The van der Waals surface area contributed by atoms with Crippen molar-refractivity contribution in [1.82, 2.24) is 14.9 Å². The lowest BCUT2D eigenvalue weighted by atomic mass is 10.0. The highest BCUT2D eigenvalue weighted by Gasteiger charge is 2.49. The zero-order chi connectivity index (χ0) is 17.5. The van der Waals surface area contributed by atoms with E-state index in [9.17, 15) is 18.0 Å². The highest BCUT2D eigenvalue weighted by Crippen LogP contribution is 2.32. The summed E-state index contributed by atoms with van der Waals surface area (Å²) in [6.07, 6.45) is -2.04. The average Bonchev–Trinajstić information content (AvgIpc) is 2.51. The van der Waals surface area contributed by atoms with E-state index >= 15 is 0 Å². The Morgan fingerprint density at radius 2 is 2.12 bits per heavy atom. The number of hydrogen-bond donors (Lipinski definition) is 0. The minimum atomic E-state index is -4.52. The van der Waals surface area contributed by atoms with Crippen LogP contribution in [0.5, 0.6) is 0 Å². The van der Waals surface area contributed by atoms with Crippen LogP contribution in [0.2, 0.25) is 0 Å². The van der Waals surface area contributed by atoms with Crippen LogP contribution < -0.4 is 0 Å². The molecule has 128 valence electrons. The van der Waals surface area contributed by atoms with Crippen molar-refractivity contribution in [2.45, 2.75) is 31.7 Å². The molecule has 0 spiro atoms. The van der Waals surface area contributed by atoms with Gasteiger partial charge in [-0.05, 0) is 26.0 Å². The van der Waals surface area contributed by atoms with Crippen LogP contribution in [0.4, 0.5) is 13.2 Å². The minimum Gasteiger partial charge on any atom is -0.359 e. The van der Waals surface area contributed by atoms with Crippen molar-refractivity contribution < 1.29 is 22.7 Å². The van der Waals surface area contributed by atoms with Gasteiger partial charge in [-0.2, -0.15) is 13.2 Å². The molecule has 1 saturated heterocycles. The van der Waals surface area contributed by atoms with Crippen molar-refractivity contribution in [3.63, 3.8) is 0 Å². The van der Waals surface area contributed by atoms with Gasteiger partial charge in [0.2, 0.25) is 0 Å². The van der Waals surface area contributed by atoms with E-state index in [-0.39, 0.29) is 12.1 Å². The fourth-order valence-corrected chi connectivity index (χ4v) is 2.78. The maximum atomic E-state index is 13.0. The number of carbonyl (C=O) groups excluding carboxylic acids is 1. The lowest BCUT2D eigenvalue weighted by Gasteiger charge is -2.43. The number of aromatic nitrogens is 2. The molecule has 0 radical (unpaired) electrons. The molecule has 0 aromatic carbocycles. The number of hydrogen-bond acceptors (Lipinski definition) is 4. The van der Waals surface area contributed by atoms with Crippen molar-refractivity contribution in [3.8, 4) is 0 Å². The van der Waals surface area contributed by atoms with E-state index in [2.05, 4.69) is 9.97 Å². The fourth-order valence-electron chi connectivity index (χ4n) is 2.78. The summed E-state index contributed by atoms with van der Waals surface area (Å²) in [7, 11) is 0. The van der Waals surface area contributed by atoms with Gasteiger partial charge in [0.25, 0.3) is 5.91 Å². The standard InChI is InChI=1S/C16H16F3N3O2/c1-15(2)9-22(8-13(24-15)16(17,18)19)14(23)11-5-10-3-4-20-7-12(10)21-6-11/h3-7,13H,8-9H2,1-2H3. The summed E-state index contributed by atoms with van der Waals surface area (Å²) in [6.45, 7) is 2.62. The van der Waals surface area contributed by atoms with Crippen molar-refractivity contribution in [1.29, 1.82) is 0 Å². The number of halogens is 3. The Bertz CT molecular complexity index is 776. The number of morpholine rings is 1. The smallest absolute Gasteiger partial charge is 0.359 e. The zero-order valence-corrected chi connectivity index (χ0v) is 13.2. The van der Waals surface area contributed by atoms with Crippen LogP contribution in [0.25, 0.3) is 10.9 Å². The lowest BCUT2D eigenvalue weighted by molar-refractivity contribution is -0.267. The summed E-state index contributed by atoms with van der Waals surface area (Å²) in [5.74, 6) is -0.494. The first kappa shape index (κ1) is 16.6. The van der Waals surface area contributed by atoms with Crippen molar-refractivity contribution in [3.05, 3.63) is 36.3 Å². The average molecular weight is 339 g/mol. The molecular formula is C16H16F3N3O2. The number of fused-ring (bicyclic) bond motifs is 1. The summed E-state index contributed by atoms with van der Waals surface area (Å²) >= 11 is 0. The van der Waals surface area contributed by atoms with Gasteiger partial charge in [-0.1, -0.05) is 0 Å². The van der Waals surface area contributed by atoms with Gasteiger partial charge in [0.1, 0.15) is 0 Å². The number of ether oxygens (including phenoxy) is 1. The number of carbonyl (C=O) groups is 1. The quantitative estimate of drug-likeness (QED) is 0.802. The van der Waals surface area contributed by atoms with Gasteiger partial charge < -0.3 is 9.64 Å². The summed E-state index contributed by atoms with van der Waals surface area (Å²) in [4.78, 5) is 21.9. The first-order valence-electron chi connectivity index (χ1n) is 7.39. The molecule has 1 atom stereocenters. The van der Waals surface area contributed by atoms with Crippen LogP contribution >= 0.6 is 0 Å². The second-order valence-electron chi connectivity index (χ2n) is 6.39. The van der Waals surface area contributed by atoms with Gasteiger partial charge in [0, 0.05) is 24.3 Å². The van der Waals surface area contributed by atoms with Gasteiger partial charge >= 0.3 is 6.18 Å². The second-order valence-corrected chi connectivity index (χ2v) is 6.39. The Morgan fingerprint density at radius 1 is 1.38 bits per heavy atom. The molecule has 2 aromatic heterocycles. The molecule has 0 aliphatic carbocycles. The summed E-state index contributed by atoms with van der Waals surface area (Å²) in [5, 5.41) is 0.704. The third kappa shape index (κ3) is 3.33. The van der Waals surface area contributed by atoms with Gasteiger partial charge in [0.15, 0.2) is 6.10 Å². The monoisotopic (exact) mass is 339 g/mol. The first-order chi connectivity index (χ1) is 11.2. The molecule has 3 rings (SSSR count). The van der Waals surface area contributed by atoms with Crippen LogP contribution in [-0.2, 0) is 4.74 Å². The fraction of sp³-hybridized carbons (Fsp3) is 0.438. The van der Waals surface area contributed by atoms with Crippen LogP contribution in [0.1, 0.15) is 24.2 Å². The Hall–Kier alpha value is -2.22. The number of pyridine rings is 2. The van der Waals surface area contributed by atoms with Crippen LogP contribution in [0.15, 0.2) is 30.7 Å². The van der Waals surface area contributed by atoms with E-state index < -0.39 is 30.3 Å². The SMILES string of the molecule is CC1(C)CN(C(=O)c2cnc3cnccc3c2)CC(C(F)(F)F)O1. The normalized spacial score (nSPS) is 21.0. The molecule has 1 amide bonds. The third-order valence-corrected chi connectivity index (χ3v) is 3.80. The summed E-state index contributed by atoms with van der Waals surface area (Å²) < 4.78 is 44.2. The molecule has 1 fully saturated rings. The Morgan fingerprint density at radius 3 is 2.83 bits per heavy atom. The summed E-state index contributed by atoms with van der Waals surface area (Å²) in [6, 6.07) is 3.30. The van der Waals surface area contributed by atoms with E-state index in [1.54, 1.807) is 24.5 Å². The molecule has 0 bridgehead atoms. The molecule has 1 unspecified atom stereocenters. The van der Waals surface area contributed by atoms with Crippen LogP contribution in [0.3, 0.4) is 0 Å². The molecular weight excluding hydrogens is 323 g/mol. The topological polar surface area (TPSA) is 55.3 Å². The molecule has 8 heteroatoms. The molecule has 2 aromatic rings. The van der Waals surface area contributed by atoms with E-state index in [0.717, 1.165) is 0 Å². The van der Waals surface area contributed by atoms with E-state index in [4.69, 9.17) is 4.74 Å². The number of rotatable bonds is 1. The largest absolute Gasteiger partial charge is 0.416 e. The highest BCUT2D eigenvalue weighted by molar-refractivity contribution is 5.97. The molecule has 5 nitrogen and oxygen atoms in total. The number of amides is 1. The van der Waals surface area contributed by atoms with E-state index in [1.165, 1.54) is 24.9 Å². The van der Waals surface area contributed by atoms with Crippen LogP contribution in [-0.4, -0.2) is 51.7 Å². The Kier molecular flexibility index (Phi) is 3.95. The number of nitrogens with zero attached hydrogens (tertiary/aromatic N) is 3. The predicted octanol–water partition coefficient (Wildman–Crippen LogP) is 2.81. The first-order valence-corrected chi connectivity index (χ1v) is 7.39. The van der Waals surface area contributed by atoms with Gasteiger partial charge in [-0.3, -0.25) is 14.8 Å². The highest BCUT2D eigenvalue weighted by atomic mass is 19.4. The van der Waals surface area contributed by atoms with Crippen LogP contribution in [0, 0.1) is 0 Å². The zero-order valence-electron chi connectivity index (χ0n) is 13.2. The molecule has 24 heavy (non-hydrogen) atoms. The van der Waals surface area contributed by atoms with Gasteiger partial charge in [-0.25, -0.2) is 0 Å². The van der Waals surface area contributed by atoms with E-state index in [1.807, 2.05) is 0 Å². The Balaban J connectivity index is 1.89. The summed E-state index contributed by atoms with van der Waals surface area (Å²) in [5.41, 5.74) is -0.223. The maximum absolute atomic E-state index is 13.0. The van der Waals surface area contributed by atoms with Crippen molar-refractivity contribution in [2.24, 2.45) is 0 Å². The molecule has 1 aliphatic heterocycles. The van der Waals surface area contributed by atoms with Gasteiger partial charge in [0.05, 0.1) is 29.4 Å². The molecule has 0 saturated carbocycles. The van der Waals surface area contributed by atoms with Crippen molar-refractivity contribution >= 4 is 16.8 Å². The van der Waals surface area contributed by atoms with Crippen molar-refractivity contribution in [2.75, 3.05) is 13.1 Å². The third-order valence-electron chi connectivity index (χ3n) is 3.80. The lowest BCUT2D eigenvalue weighted by Crippen LogP contribution is -2.58. The minimum absolute atomic E-state index is 0.0762. The Labute approximate surface area is 136 Å². The molecule has 1 aliphatic rings. The predicted molar refractivity (Wildman–Crippen MR) is 80.4 cm³/mol. The van der Waals surface area contributed by atoms with Gasteiger partial charge in [-0.15, -0.1) is 0 Å². The maximum Gasteiger partial charge on any atom is 0.416 e. The molecule has 3 heterocycles. The van der Waals surface area contributed by atoms with E-state index in [0.29, 0.717) is 10.9 Å². The second kappa shape index (κ2) is 5.70.